The number of thioether (sulfide) groups is 1. The van der Waals surface area contributed by atoms with Crippen molar-refractivity contribution in [2.75, 3.05) is 5.75 Å². The molecule has 4 rings (SSSR count). The molecule has 0 radical (unpaired) electrons. The highest BCUT2D eigenvalue weighted by atomic mass is 35.5. The van der Waals surface area contributed by atoms with Gasteiger partial charge in [0.2, 0.25) is 5.91 Å². The Labute approximate surface area is 162 Å². The van der Waals surface area contributed by atoms with Crippen molar-refractivity contribution in [2.24, 2.45) is 11.8 Å². The quantitative estimate of drug-likeness (QED) is 0.757. The van der Waals surface area contributed by atoms with E-state index < -0.39 is 0 Å². The topological polar surface area (TPSA) is 59.8 Å². The van der Waals surface area contributed by atoms with Gasteiger partial charge in [-0.2, -0.15) is 0 Å². The zero-order valence-electron chi connectivity index (χ0n) is 14.8. The van der Waals surface area contributed by atoms with Crippen molar-refractivity contribution in [2.45, 2.75) is 50.4 Å². The van der Waals surface area contributed by atoms with E-state index in [-0.39, 0.29) is 5.91 Å². The molecule has 0 unspecified atom stereocenters. The number of halogens is 1. The van der Waals surface area contributed by atoms with Crippen molar-refractivity contribution in [3.05, 3.63) is 29.3 Å². The molecule has 5 nitrogen and oxygen atoms in total. The van der Waals surface area contributed by atoms with Gasteiger partial charge in [0.15, 0.2) is 11.0 Å². The Morgan fingerprint density at radius 3 is 2.85 bits per heavy atom. The Morgan fingerprint density at radius 2 is 2.15 bits per heavy atom. The van der Waals surface area contributed by atoms with Crippen LogP contribution in [-0.2, 0) is 11.3 Å². The number of carbonyl (C=O) groups excluding carboxylic acids is 1. The first-order valence-corrected chi connectivity index (χ1v) is 10.6. The number of hydrogen-bond acceptors (Lipinski definition) is 4. The molecule has 138 valence electrons. The number of nitrogens with one attached hydrogen (secondary N) is 1. The Hall–Kier alpha value is -1.53. The summed E-state index contributed by atoms with van der Waals surface area (Å²) in [6.07, 6.45) is 5.07. The first kappa shape index (κ1) is 17.9. The minimum Gasteiger partial charge on any atom is -0.352 e. The molecule has 1 amide bonds. The summed E-state index contributed by atoms with van der Waals surface area (Å²) in [6, 6.07) is 8.00. The van der Waals surface area contributed by atoms with Crippen LogP contribution in [0.25, 0.3) is 11.4 Å². The Morgan fingerprint density at radius 1 is 1.31 bits per heavy atom. The SMILES string of the molecule is CCn1c(SCC(=O)N[C@@H]2C[C@H]3CC[C@H]2C3)nnc1-c1ccccc1Cl. The third-order valence-corrected chi connectivity index (χ3v) is 6.86. The molecule has 2 saturated carbocycles. The molecular weight excluding hydrogens is 368 g/mol. The minimum absolute atomic E-state index is 0.0949. The van der Waals surface area contributed by atoms with E-state index in [0.717, 1.165) is 35.4 Å². The van der Waals surface area contributed by atoms with E-state index >= 15 is 0 Å². The number of carbonyl (C=O) groups is 1. The third kappa shape index (κ3) is 3.49. The lowest BCUT2D eigenvalue weighted by Gasteiger charge is -2.22. The van der Waals surface area contributed by atoms with Gasteiger partial charge in [-0.1, -0.05) is 41.9 Å². The maximum Gasteiger partial charge on any atom is 0.230 e. The van der Waals surface area contributed by atoms with Crippen molar-refractivity contribution in [3.63, 3.8) is 0 Å². The van der Waals surface area contributed by atoms with Gasteiger partial charge >= 0.3 is 0 Å². The summed E-state index contributed by atoms with van der Waals surface area (Å²) in [5.41, 5.74) is 0.863. The predicted molar refractivity (Wildman–Crippen MR) is 104 cm³/mol. The number of aromatic nitrogens is 3. The lowest BCUT2D eigenvalue weighted by atomic mass is 9.95. The predicted octanol–water partition coefficient (Wildman–Crippen LogP) is 4.02. The lowest BCUT2D eigenvalue weighted by molar-refractivity contribution is -0.119. The number of amides is 1. The van der Waals surface area contributed by atoms with E-state index in [1.165, 1.54) is 31.0 Å². The van der Waals surface area contributed by atoms with Gasteiger partial charge < -0.3 is 9.88 Å². The molecule has 0 aliphatic heterocycles. The van der Waals surface area contributed by atoms with E-state index in [2.05, 4.69) is 15.5 Å². The summed E-state index contributed by atoms with van der Waals surface area (Å²) in [6.45, 7) is 2.77. The van der Waals surface area contributed by atoms with E-state index in [9.17, 15) is 4.79 Å². The number of hydrogen-bond donors (Lipinski definition) is 1. The molecule has 3 atom stereocenters. The Kier molecular flexibility index (Phi) is 5.23. The summed E-state index contributed by atoms with van der Waals surface area (Å²) >= 11 is 7.74. The molecule has 26 heavy (non-hydrogen) atoms. The highest BCUT2D eigenvalue weighted by molar-refractivity contribution is 7.99. The van der Waals surface area contributed by atoms with Crippen molar-refractivity contribution < 1.29 is 4.79 Å². The Bertz CT molecular complexity index is 809. The molecule has 1 N–H and O–H groups in total. The molecule has 1 heterocycles. The van der Waals surface area contributed by atoms with E-state index in [0.29, 0.717) is 22.7 Å². The maximum atomic E-state index is 12.4. The van der Waals surface area contributed by atoms with Crippen LogP contribution in [0.5, 0.6) is 0 Å². The van der Waals surface area contributed by atoms with Gasteiger partial charge in [0, 0.05) is 18.2 Å². The molecule has 1 aromatic carbocycles. The summed E-state index contributed by atoms with van der Waals surface area (Å²) < 4.78 is 2.01. The van der Waals surface area contributed by atoms with Gasteiger partial charge in [-0.25, -0.2) is 0 Å². The number of fused-ring (bicyclic) bond motifs is 2. The van der Waals surface area contributed by atoms with Gasteiger partial charge in [0.1, 0.15) is 0 Å². The molecule has 2 bridgehead atoms. The fourth-order valence-corrected chi connectivity index (χ4v) is 5.36. The van der Waals surface area contributed by atoms with Crippen molar-refractivity contribution in [1.29, 1.82) is 0 Å². The molecule has 2 fully saturated rings. The van der Waals surface area contributed by atoms with Crippen LogP contribution >= 0.6 is 23.4 Å². The van der Waals surface area contributed by atoms with E-state index in [4.69, 9.17) is 11.6 Å². The van der Waals surface area contributed by atoms with Gasteiger partial charge in [-0.3, -0.25) is 4.79 Å². The molecule has 7 heteroatoms. The number of rotatable bonds is 6. The zero-order chi connectivity index (χ0) is 18.1. The molecule has 2 aliphatic rings. The summed E-state index contributed by atoms with van der Waals surface area (Å²) in [5.74, 6) is 2.74. The summed E-state index contributed by atoms with van der Waals surface area (Å²) in [7, 11) is 0. The van der Waals surface area contributed by atoms with Crippen LogP contribution in [0, 0.1) is 11.8 Å². The van der Waals surface area contributed by atoms with Crippen LogP contribution in [-0.4, -0.2) is 32.5 Å². The summed E-state index contributed by atoms with van der Waals surface area (Å²) in [4.78, 5) is 12.4. The minimum atomic E-state index is 0.0949. The van der Waals surface area contributed by atoms with E-state index in [1.54, 1.807) is 0 Å². The monoisotopic (exact) mass is 390 g/mol. The summed E-state index contributed by atoms with van der Waals surface area (Å²) in [5, 5.41) is 13.2. The third-order valence-electron chi connectivity index (χ3n) is 5.56. The van der Waals surface area contributed by atoms with Gasteiger partial charge in [0.05, 0.1) is 10.8 Å². The highest BCUT2D eigenvalue weighted by Crippen LogP contribution is 2.44. The first-order chi connectivity index (χ1) is 12.7. The van der Waals surface area contributed by atoms with Crippen LogP contribution < -0.4 is 5.32 Å². The van der Waals surface area contributed by atoms with Gasteiger partial charge in [-0.15, -0.1) is 10.2 Å². The maximum absolute atomic E-state index is 12.4. The van der Waals surface area contributed by atoms with Gasteiger partial charge in [0.25, 0.3) is 0 Å². The van der Waals surface area contributed by atoms with Gasteiger partial charge in [-0.05, 0) is 50.2 Å². The molecule has 0 saturated heterocycles. The molecule has 1 aromatic heterocycles. The van der Waals surface area contributed by atoms with Crippen LogP contribution in [0.15, 0.2) is 29.4 Å². The Balaban J connectivity index is 1.41. The zero-order valence-corrected chi connectivity index (χ0v) is 16.4. The standard InChI is InChI=1S/C19H23ClN4OS/c1-2-24-18(14-5-3-4-6-15(14)20)22-23-19(24)26-11-17(25)21-16-10-12-7-8-13(16)9-12/h3-6,12-13,16H,2,7-11H2,1H3,(H,21,25)/t12-,13-,16+/m0/s1. The van der Waals surface area contributed by atoms with Crippen LogP contribution in [0.1, 0.15) is 32.6 Å². The van der Waals surface area contributed by atoms with Crippen molar-refractivity contribution in [1.82, 2.24) is 20.1 Å². The van der Waals surface area contributed by atoms with Crippen molar-refractivity contribution >= 4 is 29.3 Å². The first-order valence-electron chi connectivity index (χ1n) is 9.26. The average molecular weight is 391 g/mol. The average Bonchev–Trinajstić information content (AvgIpc) is 3.35. The molecule has 2 aliphatic carbocycles. The van der Waals surface area contributed by atoms with E-state index in [1.807, 2.05) is 35.8 Å². The fraction of sp³-hybridized carbons (Fsp3) is 0.526. The smallest absolute Gasteiger partial charge is 0.230 e. The van der Waals surface area contributed by atoms with Crippen LogP contribution in [0.2, 0.25) is 5.02 Å². The molecular formula is C19H23ClN4OS. The normalized spacial score (nSPS) is 24.2. The lowest BCUT2D eigenvalue weighted by Crippen LogP contribution is -2.39. The molecule has 0 spiro atoms. The molecule has 2 aromatic rings. The fourth-order valence-electron chi connectivity index (χ4n) is 4.32. The largest absolute Gasteiger partial charge is 0.352 e. The number of benzene rings is 1. The second-order valence-corrected chi connectivity index (χ2v) is 8.52. The second kappa shape index (κ2) is 7.61. The number of nitrogens with zero attached hydrogens (tertiary/aromatic N) is 3. The van der Waals surface area contributed by atoms with Crippen LogP contribution in [0.4, 0.5) is 0 Å². The van der Waals surface area contributed by atoms with Crippen molar-refractivity contribution in [3.8, 4) is 11.4 Å². The second-order valence-electron chi connectivity index (χ2n) is 7.17. The highest BCUT2D eigenvalue weighted by Gasteiger charge is 2.40. The van der Waals surface area contributed by atoms with Crippen LogP contribution in [0.3, 0.4) is 0 Å².